The van der Waals surface area contributed by atoms with Gasteiger partial charge in [0.25, 0.3) is 0 Å². The average molecular weight is 293 g/mol. The highest BCUT2D eigenvalue weighted by Crippen LogP contribution is 2.37. The Morgan fingerprint density at radius 3 is 2.73 bits per heavy atom. The number of benzene rings is 1. The number of aromatic nitrogens is 1. The van der Waals surface area contributed by atoms with E-state index in [1.165, 1.54) is 43.4 Å². The van der Waals surface area contributed by atoms with E-state index in [0.29, 0.717) is 12.1 Å². The maximum atomic E-state index is 4.61. The second kappa shape index (κ2) is 6.09. The molecule has 2 aliphatic rings. The molecule has 22 heavy (non-hydrogen) atoms. The van der Waals surface area contributed by atoms with E-state index in [-0.39, 0.29) is 0 Å². The fourth-order valence-corrected chi connectivity index (χ4v) is 3.41. The maximum absolute atomic E-state index is 4.61. The number of nitrogens with zero attached hydrogens (tertiary/aromatic N) is 2. The van der Waals surface area contributed by atoms with Gasteiger partial charge in [-0.1, -0.05) is 36.4 Å². The minimum atomic E-state index is 0.496. The third kappa shape index (κ3) is 3.00. The van der Waals surface area contributed by atoms with Crippen LogP contribution in [-0.4, -0.2) is 22.5 Å². The van der Waals surface area contributed by atoms with Crippen LogP contribution < -0.4 is 5.32 Å². The molecule has 1 saturated heterocycles. The van der Waals surface area contributed by atoms with Crippen LogP contribution in [0, 0.1) is 0 Å². The van der Waals surface area contributed by atoms with Gasteiger partial charge < -0.3 is 5.32 Å². The Labute approximate surface area is 132 Å². The van der Waals surface area contributed by atoms with Gasteiger partial charge in [0.2, 0.25) is 0 Å². The van der Waals surface area contributed by atoms with Crippen molar-refractivity contribution in [3.05, 3.63) is 59.8 Å². The first-order chi connectivity index (χ1) is 10.9. The molecule has 2 aromatic rings. The molecule has 0 radical (unpaired) electrons. The van der Waals surface area contributed by atoms with Crippen LogP contribution in [0.1, 0.15) is 42.9 Å². The summed E-state index contributed by atoms with van der Waals surface area (Å²) in [5.74, 6) is 1.11. The van der Waals surface area contributed by atoms with E-state index in [4.69, 9.17) is 0 Å². The van der Waals surface area contributed by atoms with Crippen molar-refractivity contribution in [3.8, 4) is 0 Å². The van der Waals surface area contributed by atoms with Gasteiger partial charge in [0.1, 0.15) is 5.82 Å². The lowest BCUT2D eigenvalue weighted by Crippen LogP contribution is -2.24. The summed E-state index contributed by atoms with van der Waals surface area (Å²) in [5.41, 5.74) is 2.78. The molecule has 114 valence electrons. The zero-order chi connectivity index (χ0) is 14.8. The molecule has 1 aliphatic carbocycles. The maximum Gasteiger partial charge on any atom is 0.130 e. The van der Waals surface area contributed by atoms with Gasteiger partial charge in [0.05, 0.1) is 0 Å². The van der Waals surface area contributed by atoms with E-state index in [0.717, 1.165) is 12.4 Å². The predicted octanol–water partition coefficient (Wildman–Crippen LogP) is 3.99. The van der Waals surface area contributed by atoms with Crippen molar-refractivity contribution in [1.29, 1.82) is 0 Å². The molecule has 1 atom stereocenters. The van der Waals surface area contributed by atoms with Crippen LogP contribution in [0.2, 0.25) is 0 Å². The molecule has 0 unspecified atom stereocenters. The monoisotopic (exact) mass is 293 g/mol. The summed E-state index contributed by atoms with van der Waals surface area (Å²) < 4.78 is 0. The second-order valence-corrected chi connectivity index (χ2v) is 6.47. The van der Waals surface area contributed by atoms with E-state index in [2.05, 4.69) is 57.7 Å². The van der Waals surface area contributed by atoms with Gasteiger partial charge >= 0.3 is 0 Å². The molecule has 1 N–H and O–H groups in total. The van der Waals surface area contributed by atoms with Gasteiger partial charge in [0, 0.05) is 30.4 Å². The number of likely N-dealkylation sites (tertiary alicyclic amines) is 1. The summed E-state index contributed by atoms with van der Waals surface area (Å²) in [6.45, 7) is 2.21. The van der Waals surface area contributed by atoms with Crippen LogP contribution in [0.4, 0.5) is 5.82 Å². The summed E-state index contributed by atoms with van der Waals surface area (Å²) in [5, 5.41) is 3.61. The minimum Gasteiger partial charge on any atom is -0.367 e. The van der Waals surface area contributed by atoms with Crippen molar-refractivity contribution >= 4 is 5.82 Å². The Hall–Kier alpha value is -1.87. The van der Waals surface area contributed by atoms with Crippen LogP contribution in [0.3, 0.4) is 0 Å². The van der Waals surface area contributed by atoms with Gasteiger partial charge in [-0.2, -0.15) is 0 Å². The number of hydrogen-bond donors (Lipinski definition) is 1. The number of nitrogens with one attached hydrogen (secondary N) is 1. The zero-order valence-electron chi connectivity index (χ0n) is 12.9. The molecule has 0 bridgehead atoms. The molecule has 3 nitrogen and oxygen atoms in total. The van der Waals surface area contributed by atoms with Gasteiger partial charge in [-0.05, 0) is 43.9 Å². The molecule has 1 saturated carbocycles. The third-order valence-corrected chi connectivity index (χ3v) is 4.71. The van der Waals surface area contributed by atoms with Gasteiger partial charge in [-0.15, -0.1) is 0 Å². The largest absolute Gasteiger partial charge is 0.367 e. The molecule has 3 heteroatoms. The molecular weight excluding hydrogens is 270 g/mol. The third-order valence-electron chi connectivity index (χ3n) is 4.71. The number of hydrogen-bond acceptors (Lipinski definition) is 3. The number of pyridine rings is 1. The van der Waals surface area contributed by atoms with Gasteiger partial charge in [-0.3, -0.25) is 4.90 Å². The zero-order valence-corrected chi connectivity index (χ0v) is 12.9. The highest BCUT2D eigenvalue weighted by Gasteiger charge is 2.30. The van der Waals surface area contributed by atoms with Crippen molar-refractivity contribution in [2.45, 2.75) is 44.3 Å². The normalized spacial score (nSPS) is 21.9. The van der Waals surface area contributed by atoms with E-state index >= 15 is 0 Å². The SMILES string of the molecule is c1ccc(CN2CCC[C@H]2c2cccnc2NC2CC2)cc1. The van der Waals surface area contributed by atoms with Crippen LogP contribution >= 0.6 is 0 Å². The van der Waals surface area contributed by atoms with Gasteiger partial charge in [-0.25, -0.2) is 4.98 Å². The molecule has 0 amide bonds. The first kappa shape index (κ1) is 13.8. The number of anilines is 1. The molecule has 1 aromatic carbocycles. The van der Waals surface area contributed by atoms with E-state index < -0.39 is 0 Å². The summed E-state index contributed by atoms with van der Waals surface area (Å²) in [6.07, 6.45) is 6.99. The topological polar surface area (TPSA) is 28.2 Å². The average Bonchev–Trinajstić information content (AvgIpc) is 3.26. The Morgan fingerprint density at radius 1 is 1.05 bits per heavy atom. The smallest absolute Gasteiger partial charge is 0.130 e. The fourth-order valence-electron chi connectivity index (χ4n) is 3.41. The second-order valence-electron chi connectivity index (χ2n) is 6.47. The van der Waals surface area contributed by atoms with Crippen molar-refractivity contribution in [3.63, 3.8) is 0 Å². The predicted molar refractivity (Wildman–Crippen MR) is 89.7 cm³/mol. The summed E-state index contributed by atoms with van der Waals surface area (Å²) >= 11 is 0. The van der Waals surface area contributed by atoms with E-state index in [9.17, 15) is 0 Å². The molecule has 4 rings (SSSR count). The highest BCUT2D eigenvalue weighted by molar-refractivity contribution is 5.47. The summed E-state index contributed by atoms with van der Waals surface area (Å²) in [6, 6.07) is 16.3. The van der Waals surface area contributed by atoms with E-state index in [1.807, 2.05) is 6.20 Å². The van der Waals surface area contributed by atoms with Crippen molar-refractivity contribution in [1.82, 2.24) is 9.88 Å². The Bertz CT molecular complexity index is 622. The van der Waals surface area contributed by atoms with E-state index in [1.54, 1.807) is 0 Å². The Balaban J connectivity index is 1.55. The van der Waals surface area contributed by atoms with Crippen molar-refractivity contribution < 1.29 is 0 Å². The molecule has 2 heterocycles. The first-order valence-corrected chi connectivity index (χ1v) is 8.39. The minimum absolute atomic E-state index is 0.496. The lowest BCUT2D eigenvalue weighted by Gasteiger charge is -2.26. The Kier molecular flexibility index (Phi) is 3.81. The van der Waals surface area contributed by atoms with Crippen LogP contribution in [0.15, 0.2) is 48.7 Å². The lowest BCUT2D eigenvalue weighted by atomic mass is 10.0. The fraction of sp³-hybridized carbons (Fsp3) is 0.421. The molecular formula is C19H23N3. The van der Waals surface area contributed by atoms with Crippen molar-refractivity contribution in [2.75, 3.05) is 11.9 Å². The Morgan fingerprint density at radius 2 is 1.91 bits per heavy atom. The van der Waals surface area contributed by atoms with Crippen molar-refractivity contribution in [2.24, 2.45) is 0 Å². The molecule has 1 aromatic heterocycles. The van der Waals surface area contributed by atoms with Crippen LogP contribution in [0.5, 0.6) is 0 Å². The molecule has 2 fully saturated rings. The number of rotatable bonds is 5. The quantitative estimate of drug-likeness (QED) is 0.903. The van der Waals surface area contributed by atoms with Gasteiger partial charge in [0.15, 0.2) is 0 Å². The van der Waals surface area contributed by atoms with Crippen LogP contribution in [-0.2, 0) is 6.54 Å². The van der Waals surface area contributed by atoms with Crippen LogP contribution in [0.25, 0.3) is 0 Å². The first-order valence-electron chi connectivity index (χ1n) is 8.39. The standard InChI is InChI=1S/C19H23N3/c1-2-6-15(7-3-1)14-22-13-5-9-18(22)17-8-4-12-20-19(17)21-16-10-11-16/h1-4,6-8,12,16,18H,5,9-11,13-14H2,(H,20,21)/t18-/m0/s1. The molecule has 1 aliphatic heterocycles. The molecule has 0 spiro atoms. The summed E-state index contributed by atoms with van der Waals surface area (Å²) in [4.78, 5) is 7.21. The lowest BCUT2D eigenvalue weighted by molar-refractivity contribution is 0.248. The summed E-state index contributed by atoms with van der Waals surface area (Å²) in [7, 11) is 0. The highest BCUT2D eigenvalue weighted by atomic mass is 15.2.